The van der Waals surface area contributed by atoms with Gasteiger partial charge in [-0.15, -0.1) is 0 Å². The van der Waals surface area contributed by atoms with Crippen molar-refractivity contribution in [2.75, 3.05) is 17.3 Å². The molecule has 0 saturated heterocycles. The summed E-state index contributed by atoms with van der Waals surface area (Å²) < 4.78 is 26.7. The van der Waals surface area contributed by atoms with Crippen LogP contribution in [-0.4, -0.2) is 50.4 Å². The monoisotopic (exact) mass is 373 g/mol. The van der Waals surface area contributed by atoms with Crippen LogP contribution in [0.2, 0.25) is 0 Å². The van der Waals surface area contributed by atoms with Gasteiger partial charge in [-0.2, -0.15) is 10.1 Å². The second kappa shape index (κ2) is 5.91. The fourth-order valence-corrected chi connectivity index (χ4v) is 4.28. The smallest absolute Gasteiger partial charge is 0.239 e. The molecule has 0 radical (unpaired) electrons. The van der Waals surface area contributed by atoms with Crippen LogP contribution in [0.1, 0.15) is 48.2 Å². The lowest BCUT2D eigenvalue weighted by molar-refractivity contribution is -0.121. The van der Waals surface area contributed by atoms with Gasteiger partial charge >= 0.3 is 0 Å². The Bertz CT molecular complexity index is 990. The molecule has 0 bridgehead atoms. The number of hydrogen-bond acceptors (Lipinski definition) is 7. The summed E-state index contributed by atoms with van der Waals surface area (Å²) in [5.74, 6) is 0.757. The Labute approximate surface area is 160 Å². The number of aliphatic hydroxyl groups excluding tert-OH is 1. The molecule has 2 atom stereocenters. The molecule has 2 aliphatic carbocycles. The van der Waals surface area contributed by atoms with Crippen LogP contribution < -0.4 is 15.0 Å². The van der Waals surface area contributed by atoms with E-state index in [1.807, 2.05) is 0 Å². The van der Waals surface area contributed by atoms with Crippen LogP contribution in [-0.2, 0) is 10.2 Å². The minimum absolute atomic E-state index is 0.0396. The van der Waals surface area contributed by atoms with E-state index in [-0.39, 0.29) is 29.5 Å². The van der Waals surface area contributed by atoms with E-state index in [0.29, 0.717) is 12.2 Å². The number of carbonyl (C=O) groups excluding carboxylic acids is 1. The van der Waals surface area contributed by atoms with Gasteiger partial charge in [0.25, 0.3) is 0 Å². The zero-order valence-electron chi connectivity index (χ0n) is 17.6. The first-order valence-electron chi connectivity index (χ1n) is 10.7. The summed E-state index contributed by atoms with van der Waals surface area (Å²) in [7, 11) is -2.63. The van der Waals surface area contributed by atoms with Crippen molar-refractivity contribution in [1.82, 2.24) is 20.2 Å². The van der Waals surface area contributed by atoms with Gasteiger partial charge in [0.1, 0.15) is 11.5 Å². The highest BCUT2D eigenvalue weighted by Crippen LogP contribution is 2.57. The predicted octanol–water partition coefficient (Wildman–Crippen LogP) is 1.63. The van der Waals surface area contributed by atoms with Crippen LogP contribution >= 0.6 is 0 Å². The van der Waals surface area contributed by atoms with Gasteiger partial charge in [0.05, 0.1) is 28.9 Å². The number of fused-ring (bicyclic) bond motifs is 2. The molecule has 2 fully saturated rings. The van der Waals surface area contributed by atoms with Crippen molar-refractivity contribution < 1.29 is 18.8 Å². The number of nitrogens with one attached hydrogen (secondary N) is 2. The summed E-state index contributed by atoms with van der Waals surface area (Å²) in [5, 5.41) is 19.3. The topological polar surface area (TPSA) is 116 Å². The van der Waals surface area contributed by atoms with Crippen molar-refractivity contribution in [2.24, 2.45) is 0 Å². The minimum atomic E-state index is -2.63. The number of hydrogen-bond donors (Lipinski definition) is 3. The lowest BCUT2D eigenvalue weighted by Crippen LogP contribution is -2.44. The number of rotatable bonds is 4. The first kappa shape index (κ1) is 13.5. The Morgan fingerprint density at radius 3 is 3.11 bits per heavy atom. The summed E-state index contributed by atoms with van der Waals surface area (Å²) in [6.45, 7) is 0. The van der Waals surface area contributed by atoms with Gasteiger partial charge in [-0.05, 0) is 38.5 Å². The van der Waals surface area contributed by atoms with E-state index < -0.39 is 18.6 Å². The number of aliphatic hydroxyl groups is 1. The predicted molar refractivity (Wildman–Crippen MR) is 97.1 cm³/mol. The average molecular weight is 373 g/mol. The van der Waals surface area contributed by atoms with Gasteiger partial charge < -0.3 is 15.2 Å². The molecule has 3 heterocycles. The van der Waals surface area contributed by atoms with E-state index in [4.69, 9.17) is 8.85 Å². The molecule has 3 aliphatic rings. The van der Waals surface area contributed by atoms with Crippen LogP contribution in [0.3, 0.4) is 0 Å². The van der Waals surface area contributed by atoms with Crippen LogP contribution in [0.5, 0.6) is 5.88 Å². The van der Waals surface area contributed by atoms with Crippen molar-refractivity contribution in [3.05, 3.63) is 18.0 Å². The molecule has 0 unspecified atom stereocenters. The van der Waals surface area contributed by atoms with E-state index in [1.165, 1.54) is 6.20 Å². The lowest BCUT2D eigenvalue weighted by atomic mass is 9.92. The molecule has 2 saturated carbocycles. The molecule has 27 heavy (non-hydrogen) atoms. The third-order valence-electron chi connectivity index (χ3n) is 5.83. The number of nitrogens with zero attached hydrogens (tertiary/aromatic N) is 4. The minimum Gasteiger partial charge on any atom is -0.480 e. The van der Waals surface area contributed by atoms with Gasteiger partial charge in [0.2, 0.25) is 17.7 Å². The number of methoxy groups -OCH3 is 1. The van der Waals surface area contributed by atoms with E-state index >= 15 is 0 Å². The Balaban J connectivity index is 1.46. The van der Waals surface area contributed by atoms with Crippen molar-refractivity contribution in [3.63, 3.8) is 0 Å². The third-order valence-corrected chi connectivity index (χ3v) is 5.83. The molecule has 1 spiro atoms. The molecular formula is C18H22N6O3. The summed E-state index contributed by atoms with van der Waals surface area (Å²) in [4.78, 5) is 23.9. The van der Waals surface area contributed by atoms with E-state index in [0.717, 1.165) is 37.7 Å². The van der Waals surface area contributed by atoms with Gasteiger partial charge in [0, 0.05) is 17.8 Å². The number of amides is 1. The van der Waals surface area contributed by atoms with E-state index in [2.05, 4.69) is 25.5 Å². The van der Waals surface area contributed by atoms with Crippen molar-refractivity contribution in [3.8, 4) is 5.88 Å². The van der Waals surface area contributed by atoms with E-state index in [9.17, 15) is 9.90 Å². The van der Waals surface area contributed by atoms with Crippen LogP contribution in [0.4, 0.5) is 17.5 Å². The molecule has 3 N–H and O–H groups in total. The maximum Gasteiger partial charge on any atom is 0.239 e. The number of ether oxygens (including phenoxy) is 1. The highest BCUT2D eigenvalue weighted by Gasteiger charge is 2.61. The van der Waals surface area contributed by atoms with Crippen LogP contribution in [0.15, 0.2) is 12.4 Å². The van der Waals surface area contributed by atoms with Crippen LogP contribution in [0, 0.1) is 0 Å². The SMILES string of the molecule is [2H]C([2H])([2H])Oc1[nH]ncc1Nc1ncc2c(n1)N([C@@H]1CCC[C@@H](O)C1)C(=O)C21CC1. The standard InChI is InChI=1S/C18H22N6O3/c1-27-15-13(9-20-23-15)21-17-19-8-12-14(22-17)24(16(26)18(12)5-6-18)10-3-2-4-11(25)7-10/h8-11,25H,2-7H2,1H3,(H,20,23)(H,19,21,22)/t10-,11-/m1/s1/i1D3. The summed E-state index contributed by atoms with van der Waals surface area (Å²) in [6.07, 6.45) is 7.15. The maximum absolute atomic E-state index is 13.3. The second-order valence-electron chi connectivity index (χ2n) is 7.50. The fourth-order valence-electron chi connectivity index (χ4n) is 4.28. The van der Waals surface area contributed by atoms with Gasteiger partial charge in [-0.25, -0.2) is 10.1 Å². The molecule has 9 nitrogen and oxygen atoms in total. The molecule has 0 aromatic carbocycles. The first-order chi connectivity index (χ1) is 14.3. The number of aromatic amines is 1. The summed E-state index contributed by atoms with van der Waals surface area (Å²) in [6, 6.07) is -0.0916. The van der Waals surface area contributed by atoms with Gasteiger partial charge in [-0.3, -0.25) is 9.69 Å². The van der Waals surface area contributed by atoms with Crippen molar-refractivity contribution in [2.45, 2.75) is 56.1 Å². The van der Waals surface area contributed by atoms with Crippen molar-refractivity contribution >= 4 is 23.4 Å². The van der Waals surface area contributed by atoms with Gasteiger partial charge in [-0.1, -0.05) is 0 Å². The largest absolute Gasteiger partial charge is 0.480 e. The number of carbonyl (C=O) groups is 1. The maximum atomic E-state index is 13.3. The number of H-pyrrole nitrogens is 1. The fraction of sp³-hybridized carbons (Fsp3) is 0.556. The Morgan fingerprint density at radius 2 is 2.33 bits per heavy atom. The molecule has 2 aromatic rings. The number of anilines is 3. The second-order valence-corrected chi connectivity index (χ2v) is 7.50. The number of aromatic nitrogens is 4. The third kappa shape index (κ3) is 2.48. The molecule has 1 aliphatic heterocycles. The zero-order chi connectivity index (χ0) is 21.1. The molecule has 5 rings (SSSR count). The lowest BCUT2D eigenvalue weighted by Gasteiger charge is -2.33. The highest BCUT2D eigenvalue weighted by atomic mass is 16.5. The zero-order valence-corrected chi connectivity index (χ0v) is 14.6. The average Bonchev–Trinajstić information content (AvgIpc) is 3.31. The highest BCUT2D eigenvalue weighted by molar-refractivity contribution is 6.09. The Morgan fingerprint density at radius 1 is 1.44 bits per heavy atom. The molecule has 9 heteroatoms. The van der Waals surface area contributed by atoms with E-state index in [1.54, 1.807) is 11.1 Å². The summed E-state index contributed by atoms with van der Waals surface area (Å²) in [5.41, 5.74) is 0.571. The van der Waals surface area contributed by atoms with Crippen molar-refractivity contribution in [1.29, 1.82) is 0 Å². The van der Waals surface area contributed by atoms with Gasteiger partial charge in [0.15, 0.2) is 0 Å². The first-order valence-corrected chi connectivity index (χ1v) is 9.15. The quantitative estimate of drug-likeness (QED) is 0.746. The summed E-state index contributed by atoms with van der Waals surface area (Å²) >= 11 is 0. The molecule has 2 aromatic heterocycles. The molecule has 1 amide bonds. The molecular weight excluding hydrogens is 348 g/mol. The Hall–Kier alpha value is -2.68. The molecule has 142 valence electrons. The normalized spacial score (nSPS) is 27.7. The van der Waals surface area contributed by atoms with Crippen LogP contribution in [0.25, 0.3) is 0 Å². The Kier molecular flexibility index (Phi) is 2.95.